The Balaban J connectivity index is 1.77. The van der Waals surface area contributed by atoms with Crippen molar-refractivity contribution < 1.29 is 4.43 Å². The quantitative estimate of drug-likeness (QED) is 0.644. The number of hydrogen-bond acceptors (Lipinski definition) is 1. The average molecular weight is 307 g/mol. The molecule has 0 aromatic rings. The molecule has 112 valence electrons. The summed E-state index contributed by atoms with van der Waals surface area (Å²) < 4.78 is 6.60. The highest BCUT2D eigenvalue weighted by atomic mass is 28.4. The summed E-state index contributed by atoms with van der Waals surface area (Å²) in [5.74, 6) is 4.66. The van der Waals surface area contributed by atoms with Gasteiger partial charge in [0.2, 0.25) is 0 Å². The predicted molar refractivity (Wildman–Crippen MR) is 89.5 cm³/mol. The first-order chi connectivity index (χ1) is 9.20. The van der Waals surface area contributed by atoms with Gasteiger partial charge in [-0.05, 0) is 74.2 Å². The van der Waals surface area contributed by atoms with Crippen molar-refractivity contribution in [2.45, 2.75) is 71.3 Å². The van der Waals surface area contributed by atoms with Crippen molar-refractivity contribution in [1.82, 2.24) is 0 Å². The Hall–Kier alpha value is -0.0262. The lowest BCUT2D eigenvalue weighted by Crippen LogP contribution is -2.59. The zero-order valence-electron chi connectivity index (χ0n) is 13.9. The summed E-state index contributed by atoms with van der Waals surface area (Å²) in [6.45, 7) is 12.5. The van der Waals surface area contributed by atoms with Gasteiger partial charge in [-0.15, -0.1) is 0 Å². The van der Waals surface area contributed by atoms with Crippen LogP contribution in [0, 0.1) is 23.2 Å². The van der Waals surface area contributed by atoms with Crippen LogP contribution in [0.25, 0.3) is 0 Å². The minimum Gasteiger partial charge on any atom is -0.543 e. The fraction of sp³-hybridized carbons (Fsp3) is 0.882. The van der Waals surface area contributed by atoms with E-state index in [0.29, 0.717) is 5.41 Å². The zero-order valence-corrected chi connectivity index (χ0v) is 15.9. The highest BCUT2D eigenvalue weighted by molar-refractivity contribution is 7.04. The minimum absolute atomic E-state index is 0.507. The summed E-state index contributed by atoms with van der Waals surface area (Å²) in [6.07, 6.45) is 9.01. The third-order valence-electron chi connectivity index (χ3n) is 6.46. The van der Waals surface area contributed by atoms with Gasteiger partial charge in [0, 0.05) is 5.41 Å². The maximum atomic E-state index is 6.60. The van der Waals surface area contributed by atoms with Crippen LogP contribution in [0.3, 0.4) is 0 Å². The van der Waals surface area contributed by atoms with Gasteiger partial charge in [-0.1, -0.05) is 19.6 Å². The Kier molecular flexibility index (Phi) is 2.61. The topological polar surface area (TPSA) is 9.23 Å². The van der Waals surface area contributed by atoms with Crippen LogP contribution in [0.1, 0.15) is 38.5 Å². The number of rotatable bonds is 2. The van der Waals surface area contributed by atoms with E-state index in [1.807, 2.05) is 4.82 Å². The molecule has 5 aliphatic rings. The number of hydrogen-bond donors (Lipinski definition) is 0. The Labute approximate surface area is 126 Å². The third kappa shape index (κ3) is 1.78. The van der Waals surface area contributed by atoms with E-state index in [9.17, 15) is 0 Å². The second kappa shape index (κ2) is 3.84. The van der Waals surface area contributed by atoms with Gasteiger partial charge >= 0.3 is 0 Å². The van der Waals surface area contributed by atoms with E-state index in [-0.39, 0.29) is 0 Å². The van der Waals surface area contributed by atoms with Gasteiger partial charge < -0.3 is 4.43 Å². The molecule has 0 N–H and O–H groups in total. The minimum atomic E-state index is -1.49. The van der Waals surface area contributed by atoms with Crippen molar-refractivity contribution in [2.75, 3.05) is 0 Å². The van der Waals surface area contributed by atoms with E-state index in [1.54, 1.807) is 5.76 Å². The Morgan fingerprint density at radius 2 is 1.40 bits per heavy atom. The van der Waals surface area contributed by atoms with Crippen molar-refractivity contribution in [1.29, 1.82) is 0 Å². The van der Waals surface area contributed by atoms with Crippen LogP contribution in [0.15, 0.2) is 10.6 Å². The molecule has 1 aliphatic heterocycles. The SMILES string of the molecule is C[Si](C)(C)C1=C(C23CC4CC(CC(C4)C2)C3)O[Si]1(C)C. The van der Waals surface area contributed by atoms with Crippen LogP contribution in [0.4, 0.5) is 0 Å². The maximum Gasteiger partial charge on any atom is 0.271 e. The van der Waals surface area contributed by atoms with E-state index < -0.39 is 16.4 Å². The molecule has 5 rings (SSSR count). The van der Waals surface area contributed by atoms with E-state index in [4.69, 9.17) is 4.43 Å². The molecule has 0 amide bonds. The monoisotopic (exact) mass is 306 g/mol. The van der Waals surface area contributed by atoms with Crippen molar-refractivity contribution in [3.63, 3.8) is 0 Å². The molecule has 1 heterocycles. The molecule has 20 heavy (non-hydrogen) atoms. The normalized spacial score (nSPS) is 45.4. The van der Waals surface area contributed by atoms with E-state index >= 15 is 0 Å². The van der Waals surface area contributed by atoms with Crippen molar-refractivity contribution in [3.05, 3.63) is 10.6 Å². The first-order valence-electron chi connectivity index (χ1n) is 8.64. The molecular formula is C17H30OSi2. The molecule has 4 saturated carbocycles. The molecular weight excluding hydrogens is 276 g/mol. The van der Waals surface area contributed by atoms with Crippen molar-refractivity contribution in [2.24, 2.45) is 23.2 Å². The lowest BCUT2D eigenvalue weighted by Gasteiger charge is -2.61. The van der Waals surface area contributed by atoms with E-state index in [0.717, 1.165) is 17.8 Å². The average Bonchev–Trinajstić information content (AvgIpc) is 2.21. The van der Waals surface area contributed by atoms with Crippen molar-refractivity contribution in [3.8, 4) is 0 Å². The number of allylic oxidation sites excluding steroid dienone is 1. The Bertz CT molecular complexity index is 448. The lowest BCUT2D eigenvalue weighted by atomic mass is 9.49. The summed E-state index contributed by atoms with van der Waals surface area (Å²) in [5, 5.41) is 0. The predicted octanol–water partition coefficient (Wildman–Crippen LogP) is 5.11. The second-order valence-electron chi connectivity index (χ2n) is 9.76. The van der Waals surface area contributed by atoms with Crippen LogP contribution in [-0.4, -0.2) is 16.4 Å². The van der Waals surface area contributed by atoms with Gasteiger partial charge in [-0.2, -0.15) is 0 Å². The molecule has 3 heteroatoms. The lowest BCUT2D eigenvalue weighted by molar-refractivity contribution is -0.0518. The summed E-state index contributed by atoms with van der Waals surface area (Å²) in [7, 11) is -2.70. The second-order valence-corrected chi connectivity index (χ2v) is 19.0. The molecule has 1 nitrogen and oxygen atoms in total. The zero-order chi connectivity index (χ0) is 14.3. The largest absolute Gasteiger partial charge is 0.543 e. The standard InChI is InChI=1S/C17H30OSi2/c1-19(2,3)16-15(18-20(16,4)5)17-9-12-6-13(10-17)8-14(7-12)11-17/h12-14H,6-11H2,1-5H3. The van der Waals surface area contributed by atoms with Crippen LogP contribution in [0.2, 0.25) is 32.7 Å². The molecule has 4 bridgehead atoms. The van der Waals surface area contributed by atoms with Crippen LogP contribution >= 0.6 is 0 Å². The molecule has 0 radical (unpaired) electrons. The smallest absolute Gasteiger partial charge is 0.271 e. The molecule has 4 aliphatic carbocycles. The highest BCUT2D eigenvalue weighted by Gasteiger charge is 2.60. The molecule has 4 fully saturated rings. The van der Waals surface area contributed by atoms with Gasteiger partial charge in [0.25, 0.3) is 8.32 Å². The summed E-state index contributed by atoms with van der Waals surface area (Å²) >= 11 is 0. The van der Waals surface area contributed by atoms with Crippen molar-refractivity contribution >= 4 is 16.4 Å². The maximum absolute atomic E-state index is 6.60. The molecule has 0 aromatic heterocycles. The van der Waals surface area contributed by atoms with Crippen LogP contribution < -0.4 is 0 Å². The Morgan fingerprint density at radius 3 is 1.75 bits per heavy atom. The molecule has 0 saturated heterocycles. The fourth-order valence-electron chi connectivity index (χ4n) is 6.59. The first kappa shape index (κ1) is 13.6. The molecule has 0 spiro atoms. The molecule has 0 atom stereocenters. The van der Waals surface area contributed by atoms with Crippen LogP contribution in [-0.2, 0) is 4.43 Å². The van der Waals surface area contributed by atoms with Crippen LogP contribution in [0.5, 0.6) is 0 Å². The molecule has 0 aromatic carbocycles. The third-order valence-corrected chi connectivity index (χ3v) is 14.4. The van der Waals surface area contributed by atoms with Gasteiger partial charge in [0.1, 0.15) is 0 Å². The van der Waals surface area contributed by atoms with Gasteiger partial charge in [0.05, 0.1) is 13.8 Å². The summed E-state index contributed by atoms with van der Waals surface area (Å²) in [6, 6.07) is 0. The summed E-state index contributed by atoms with van der Waals surface area (Å²) in [4.78, 5) is 1.90. The molecule has 0 unspecified atom stereocenters. The summed E-state index contributed by atoms with van der Waals surface area (Å²) in [5.41, 5.74) is 0.507. The first-order valence-corrected chi connectivity index (χ1v) is 15.1. The fourth-order valence-corrected chi connectivity index (χ4v) is 16.7. The Morgan fingerprint density at radius 1 is 0.950 bits per heavy atom. The van der Waals surface area contributed by atoms with E-state index in [2.05, 4.69) is 32.7 Å². The van der Waals surface area contributed by atoms with Gasteiger partial charge in [0.15, 0.2) is 0 Å². The van der Waals surface area contributed by atoms with Gasteiger partial charge in [-0.25, -0.2) is 0 Å². The highest BCUT2D eigenvalue weighted by Crippen LogP contribution is 2.65. The van der Waals surface area contributed by atoms with Gasteiger partial charge in [-0.3, -0.25) is 0 Å². The van der Waals surface area contributed by atoms with E-state index in [1.165, 1.54) is 38.5 Å².